The number of halogens is 2. The third-order valence-electron chi connectivity index (χ3n) is 4.32. The molecule has 148 valence electrons. The Morgan fingerprint density at radius 3 is 2.76 bits per heavy atom. The lowest BCUT2D eigenvalue weighted by Crippen LogP contribution is -2.24. The zero-order chi connectivity index (χ0) is 20.5. The molecule has 3 aromatic heterocycles. The number of thioether (sulfide) groups is 1. The molecule has 0 aliphatic rings. The van der Waals surface area contributed by atoms with Crippen LogP contribution >= 0.6 is 11.8 Å². The molecule has 0 unspecified atom stereocenters. The Bertz CT molecular complexity index is 1270. The fourth-order valence-electron chi connectivity index (χ4n) is 2.83. The molecule has 0 aliphatic carbocycles. The Balaban J connectivity index is 1.81. The molecule has 0 radical (unpaired) electrons. The number of pyridine rings is 1. The van der Waals surface area contributed by atoms with Gasteiger partial charge in [0, 0.05) is 11.8 Å². The van der Waals surface area contributed by atoms with Gasteiger partial charge in [-0.2, -0.15) is 5.10 Å². The molecule has 0 aliphatic heterocycles. The van der Waals surface area contributed by atoms with E-state index in [1.807, 2.05) is 0 Å². The molecular weight excluding hydrogens is 400 g/mol. The van der Waals surface area contributed by atoms with E-state index in [1.165, 1.54) is 58.7 Å². The average Bonchev–Trinajstić information content (AvgIpc) is 3.16. The molecule has 1 aromatic carbocycles. The highest BCUT2D eigenvalue weighted by Crippen LogP contribution is 2.25. The molecule has 0 saturated carbocycles. The fraction of sp³-hybridized carbons (Fsp3) is 0.158. The van der Waals surface area contributed by atoms with Gasteiger partial charge < -0.3 is 4.74 Å². The van der Waals surface area contributed by atoms with Crippen LogP contribution in [0.5, 0.6) is 5.88 Å². The summed E-state index contributed by atoms with van der Waals surface area (Å²) in [5, 5.41) is 8.70. The van der Waals surface area contributed by atoms with Crippen molar-refractivity contribution in [1.82, 2.24) is 24.4 Å². The van der Waals surface area contributed by atoms with Gasteiger partial charge in [0.2, 0.25) is 5.88 Å². The fourth-order valence-corrected chi connectivity index (χ4v) is 3.89. The molecule has 0 bridgehead atoms. The first-order valence-electron chi connectivity index (χ1n) is 8.52. The molecule has 4 rings (SSSR count). The summed E-state index contributed by atoms with van der Waals surface area (Å²) in [5.74, 6) is -0.756. The molecule has 7 nitrogen and oxygen atoms in total. The predicted molar refractivity (Wildman–Crippen MR) is 104 cm³/mol. The summed E-state index contributed by atoms with van der Waals surface area (Å²) in [6.45, 7) is 1.80. The molecule has 29 heavy (non-hydrogen) atoms. The second kappa shape index (κ2) is 7.63. The topological polar surface area (TPSA) is 74.3 Å². The first-order chi connectivity index (χ1) is 14.0. The van der Waals surface area contributed by atoms with Gasteiger partial charge in [0.1, 0.15) is 5.82 Å². The van der Waals surface area contributed by atoms with Crippen LogP contribution in [0.25, 0.3) is 11.2 Å². The Labute approximate surface area is 168 Å². The zero-order valence-corrected chi connectivity index (χ0v) is 16.3. The lowest BCUT2D eigenvalue weighted by Gasteiger charge is -2.13. The van der Waals surface area contributed by atoms with Gasteiger partial charge in [0.25, 0.3) is 5.56 Å². The summed E-state index contributed by atoms with van der Waals surface area (Å²) in [7, 11) is 1.31. The van der Waals surface area contributed by atoms with Crippen LogP contribution in [0.3, 0.4) is 0 Å². The normalized spacial score (nSPS) is 11.2. The van der Waals surface area contributed by atoms with E-state index in [4.69, 9.17) is 4.74 Å². The second-order valence-electron chi connectivity index (χ2n) is 6.17. The van der Waals surface area contributed by atoms with Crippen molar-refractivity contribution < 1.29 is 13.5 Å². The van der Waals surface area contributed by atoms with Crippen molar-refractivity contribution in [3.63, 3.8) is 0 Å². The number of ether oxygens (including phenoxy) is 1. The van der Waals surface area contributed by atoms with Crippen molar-refractivity contribution in [2.45, 2.75) is 17.8 Å². The highest BCUT2D eigenvalue weighted by molar-refractivity contribution is 7.98. The third-order valence-corrected chi connectivity index (χ3v) is 5.30. The molecule has 0 atom stereocenters. The Morgan fingerprint density at radius 2 is 2.03 bits per heavy atom. The summed E-state index contributed by atoms with van der Waals surface area (Å²) >= 11 is 1.25. The maximum absolute atomic E-state index is 14.2. The second-order valence-corrected chi connectivity index (χ2v) is 7.12. The summed E-state index contributed by atoms with van der Waals surface area (Å²) in [5.41, 5.74) is 1.70. The number of aryl methyl sites for hydroxylation is 1. The highest BCUT2D eigenvalue weighted by Gasteiger charge is 2.17. The Kier molecular flexibility index (Phi) is 5.01. The summed E-state index contributed by atoms with van der Waals surface area (Å²) in [6, 6.07) is 7.19. The van der Waals surface area contributed by atoms with Gasteiger partial charge in [0.05, 0.1) is 25.2 Å². The number of fused-ring (bicyclic) bond motifs is 1. The lowest BCUT2D eigenvalue weighted by molar-refractivity contribution is 0.368. The molecule has 0 fully saturated rings. The minimum atomic E-state index is -0.699. The van der Waals surface area contributed by atoms with E-state index in [9.17, 15) is 13.6 Å². The van der Waals surface area contributed by atoms with Gasteiger partial charge in [-0.3, -0.25) is 9.36 Å². The molecular formula is C19H15F2N5O2S. The smallest absolute Gasteiger partial charge is 0.285 e. The number of nitrogens with zero attached hydrogens (tertiary/aromatic N) is 5. The van der Waals surface area contributed by atoms with E-state index in [0.717, 1.165) is 17.2 Å². The SMILES string of the molecule is COc1ncc(-n2c(SCc3ccc(F)cc3C)nn3nccc3c2=O)cc1F. The summed E-state index contributed by atoms with van der Waals surface area (Å²) in [6.07, 6.45) is 2.80. The maximum atomic E-state index is 14.2. The molecule has 3 heterocycles. The largest absolute Gasteiger partial charge is 0.479 e. The van der Waals surface area contributed by atoms with E-state index in [1.54, 1.807) is 13.0 Å². The molecule has 0 amide bonds. The van der Waals surface area contributed by atoms with Crippen LogP contribution < -0.4 is 10.3 Å². The third kappa shape index (κ3) is 3.58. The number of benzene rings is 1. The van der Waals surface area contributed by atoms with Crippen LogP contribution in [0.2, 0.25) is 0 Å². The van der Waals surface area contributed by atoms with Crippen molar-refractivity contribution >= 4 is 17.3 Å². The van der Waals surface area contributed by atoms with E-state index in [0.29, 0.717) is 10.9 Å². The van der Waals surface area contributed by atoms with Gasteiger partial charge in [-0.15, -0.1) is 9.73 Å². The van der Waals surface area contributed by atoms with Crippen molar-refractivity contribution in [3.05, 3.63) is 75.8 Å². The Hall–Kier alpha value is -3.27. The lowest BCUT2D eigenvalue weighted by atomic mass is 10.1. The van der Waals surface area contributed by atoms with Gasteiger partial charge in [0.15, 0.2) is 16.5 Å². The van der Waals surface area contributed by atoms with Crippen molar-refractivity contribution in [2.75, 3.05) is 7.11 Å². The van der Waals surface area contributed by atoms with Gasteiger partial charge in [-0.1, -0.05) is 17.8 Å². The van der Waals surface area contributed by atoms with Crippen molar-refractivity contribution in [1.29, 1.82) is 0 Å². The van der Waals surface area contributed by atoms with Crippen molar-refractivity contribution in [2.24, 2.45) is 0 Å². The number of hydrogen-bond acceptors (Lipinski definition) is 6. The Morgan fingerprint density at radius 1 is 1.21 bits per heavy atom. The summed E-state index contributed by atoms with van der Waals surface area (Å²) < 4.78 is 34.9. The van der Waals surface area contributed by atoms with Gasteiger partial charge in [-0.25, -0.2) is 13.8 Å². The van der Waals surface area contributed by atoms with Crippen molar-refractivity contribution in [3.8, 4) is 11.6 Å². The number of hydrogen-bond donors (Lipinski definition) is 0. The van der Waals surface area contributed by atoms with Crippen LogP contribution in [-0.2, 0) is 5.75 Å². The van der Waals surface area contributed by atoms with E-state index < -0.39 is 11.4 Å². The van der Waals surface area contributed by atoms with Crippen LogP contribution in [0.4, 0.5) is 8.78 Å². The minimum Gasteiger partial charge on any atom is -0.479 e. The minimum absolute atomic E-state index is 0.170. The predicted octanol–water partition coefficient (Wildman–Crippen LogP) is 3.16. The average molecular weight is 415 g/mol. The van der Waals surface area contributed by atoms with Gasteiger partial charge >= 0.3 is 0 Å². The number of aromatic nitrogens is 5. The van der Waals surface area contributed by atoms with E-state index in [-0.39, 0.29) is 22.9 Å². The van der Waals surface area contributed by atoms with E-state index >= 15 is 0 Å². The molecule has 10 heteroatoms. The standard InChI is InChI=1S/C19H15F2N5O2S/c1-11-7-13(20)4-3-12(11)10-29-19-24-26-16(5-6-23-26)18(27)25(19)14-8-15(21)17(28-2)22-9-14/h3-9H,10H2,1-2H3. The maximum Gasteiger partial charge on any atom is 0.285 e. The quantitative estimate of drug-likeness (QED) is 0.466. The van der Waals surface area contributed by atoms with Crippen LogP contribution in [0.15, 0.2) is 52.7 Å². The first kappa shape index (κ1) is 19.1. The van der Waals surface area contributed by atoms with Crippen LogP contribution in [0, 0.1) is 18.6 Å². The van der Waals surface area contributed by atoms with Gasteiger partial charge in [-0.05, 0) is 36.2 Å². The van der Waals surface area contributed by atoms with E-state index in [2.05, 4.69) is 15.2 Å². The molecule has 0 spiro atoms. The van der Waals surface area contributed by atoms with Crippen LogP contribution in [0.1, 0.15) is 11.1 Å². The molecule has 4 aromatic rings. The first-order valence-corrected chi connectivity index (χ1v) is 9.51. The number of rotatable bonds is 5. The molecule has 0 N–H and O–H groups in total. The van der Waals surface area contributed by atoms with Crippen LogP contribution in [-0.4, -0.2) is 31.5 Å². The molecule has 0 saturated heterocycles. The monoisotopic (exact) mass is 415 g/mol. The highest BCUT2D eigenvalue weighted by atomic mass is 32.2. The number of methoxy groups -OCH3 is 1. The summed E-state index contributed by atoms with van der Waals surface area (Å²) in [4.78, 5) is 16.9. The zero-order valence-electron chi connectivity index (χ0n) is 15.5.